The second-order valence-corrected chi connectivity index (χ2v) is 3.89. The van der Waals surface area contributed by atoms with Gasteiger partial charge in [0.05, 0.1) is 10.9 Å². The Labute approximate surface area is 99.3 Å². The number of aryl methyl sites for hydroxylation is 1. The minimum Gasteiger partial charge on any atom is -0.438 e. The molecule has 0 fully saturated rings. The fraction of sp³-hybridized carbons (Fsp3) is 0.0714. The number of para-hydroxylation sites is 1. The first-order valence-corrected chi connectivity index (χ1v) is 5.47. The smallest absolute Gasteiger partial charge is 0.228 e. The summed E-state index contributed by atoms with van der Waals surface area (Å²) in [6.45, 7) is 0. The van der Waals surface area contributed by atoms with Crippen molar-refractivity contribution in [2.75, 3.05) is 0 Å². The molecular formula is C14H12N2O. The predicted molar refractivity (Wildman–Crippen MR) is 67.2 cm³/mol. The largest absolute Gasteiger partial charge is 0.438 e. The van der Waals surface area contributed by atoms with Gasteiger partial charge in [-0.3, -0.25) is 0 Å². The maximum absolute atomic E-state index is 5.78. The minimum absolute atomic E-state index is 0.648. The number of aromatic nitrogens is 2. The summed E-state index contributed by atoms with van der Waals surface area (Å²) in [7, 11) is 2.01. The topological polar surface area (TPSA) is 27.1 Å². The molecule has 0 N–H and O–H groups in total. The van der Waals surface area contributed by atoms with Crippen molar-refractivity contribution in [3.63, 3.8) is 0 Å². The third-order valence-electron chi connectivity index (χ3n) is 2.73. The quantitative estimate of drug-likeness (QED) is 0.667. The van der Waals surface area contributed by atoms with E-state index in [0.717, 1.165) is 16.7 Å². The van der Waals surface area contributed by atoms with Crippen molar-refractivity contribution < 1.29 is 4.74 Å². The first-order valence-electron chi connectivity index (χ1n) is 5.47. The normalized spacial score (nSPS) is 10.6. The summed E-state index contributed by atoms with van der Waals surface area (Å²) < 4.78 is 7.83. The van der Waals surface area contributed by atoms with Crippen LogP contribution < -0.4 is 4.74 Å². The molecule has 0 aliphatic rings. The zero-order valence-electron chi connectivity index (χ0n) is 9.50. The Hall–Kier alpha value is -2.29. The van der Waals surface area contributed by atoms with Gasteiger partial charge in [0, 0.05) is 19.4 Å². The van der Waals surface area contributed by atoms with E-state index in [1.165, 1.54) is 0 Å². The number of hydrogen-bond acceptors (Lipinski definition) is 2. The predicted octanol–water partition coefficient (Wildman–Crippen LogP) is 3.37. The van der Waals surface area contributed by atoms with E-state index < -0.39 is 0 Å². The van der Waals surface area contributed by atoms with Gasteiger partial charge in [-0.15, -0.1) is 0 Å². The lowest BCUT2D eigenvalue weighted by Crippen LogP contribution is -1.89. The van der Waals surface area contributed by atoms with E-state index in [-0.39, 0.29) is 0 Å². The van der Waals surface area contributed by atoms with Crippen LogP contribution in [0.2, 0.25) is 0 Å². The molecule has 0 amide bonds. The SMILES string of the molecule is Cn1ccc2c(Oc3ccccc3)nccc21. The van der Waals surface area contributed by atoms with Crippen LogP contribution in [0.3, 0.4) is 0 Å². The van der Waals surface area contributed by atoms with Gasteiger partial charge < -0.3 is 9.30 Å². The lowest BCUT2D eigenvalue weighted by molar-refractivity contribution is 0.469. The van der Waals surface area contributed by atoms with Gasteiger partial charge in [0.25, 0.3) is 0 Å². The highest BCUT2D eigenvalue weighted by Crippen LogP contribution is 2.27. The van der Waals surface area contributed by atoms with Crippen LogP contribution in [0.4, 0.5) is 0 Å². The molecule has 2 aromatic heterocycles. The van der Waals surface area contributed by atoms with Crippen molar-refractivity contribution >= 4 is 10.9 Å². The summed E-state index contributed by atoms with van der Waals surface area (Å²) >= 11 is 0. The Morgan fingerprint density at radius 2 is 1.88 bits per heavy atom. The lowest BCUT2D eigenvalue weighted by atomic mass is 10.3. The molecule has 0 saturated heterocycles. The number of rotatable bonds is 2. The van der Waals surface area contributed by atoms with Crippen LogP contribution >= 0.6 is 0 Å². The molecule has 0 radical (unpaired) electrons. The van der Waals surface area contributed by atoms with Gasteiger partial charge in [-0.05, 0) is 24.3 Å². The molecule has 84 valence electrons. The monoisotopic (exact) mass is 224 g/mol. The van der Waals surface area contributed by atoms with E-state index in [1.807, 2.05) is 55.7 Å². The van der Waals surface area contributed by atoms with E-state index >= 15 is 0 Å². The zero-order valence-corrected chi connectivity index (χ0v) is 9.50. The summed E-state index contributed by atoms with van der Waals surface area (Å²) in [5, 5.41) is 1.03. The molecule has 17 heavy (non-hydrogen) atoms. The van der Waals surface area contributed by atoms with Gasteiger partial charge >= 0.3 is 0 Å². The standard InChI is InChI=1S/C14H12N2O/c1-16-10-8-12-13(16)7-9-15-14(12)17-11-5-3-2-4-6-11/h2-10H,1H3. The summed E-state index contributed by atoms with van der Waals surface area (Å²) in [6.07, 6.45) is 3.77. The molecule has 0 atom stereocenters. The van der Waals surface area contributed by atoms with Crippen LogP contribution in [-0.4, -0.2) is 9.55 Å². The van der Waals surface area contributed by atoms with Crippen LogP contribution in [0.1, 0.15) is 0 Å². The van der Waals surface area contributed by atoms with Crippen molar-refractivity contribution in [2.45, 2.75) is 0 Å². The number of pyridine rings is 1. The first kappa shape index (κ1) is 9.90. The van der Waals surface area contributed by atoms with E-state index in [2.05, 4.69) is 9.55 Å². The third kappa shape index (κ3) is 1.76. The van der Waals surface area contributed by atoms with Gasteiger partial charge in [-0.2, -0.15) is 0 Å². The fourth-order valence-corrected chi connectivity index (χ4v) is 1.86. The molecule has 0 saturated carbocycles. The fourth-order valence-electron chi connectivity index (χ4n) is 1.86. The molecule has 3 aromatic rings. The Kier molecular flexibility index (Phi) is 2.29. The molecule has 3 nitrogen and oxygen atoms in total. The maximum atomic E-state index is 5.78. The average Bonchev–Trinajstić information content (AvgIpc) is 2.74. The Morgan fingerprint density at radius 1 is 1.06 bits per heavy atom. The average molecular weight is 224 g/mol. The van der Waals surface area contributed by atoms with Crippen LogP contribution in [0.15, 0.2) is 54.9 Å². The summed E-state index contributed by atoms with van der Waals surface area (Å²) in [5.74, 6) is 1.45. The molecule has 3 heteroatoms. The number of hydrogen-bond donors (Lipinski definition) is 0. The van der Waals surface area contributed by atoms with Gasteiger partial charge in [-0.1, -0.05) is 18.2 Å². The number of nitrogens with zero attached hydrogens (tertiary/aromatic N) is 2. The Bertz CT molecular complexity index is 644. The van der Waals surface area contributed by atoms with Crippen LogP contribution in [-0.2, 0) is 7.05 Å². The minimum atomic E-state index is 0.648. The summed E-state index contributed by atoms with van der Waals surface area (Å²) in [5.41, 5.74) is 1.12. The van der Waals surface area contributed by atoms with Crippen LogP contribution in [0.25, 0.3) is 10.9 Å². The molecular weight excluding hydrogens is 212 g/mol. The Morgan fingerprint density at radius 3 is 2.71 bits per heavy atom. The van der Waals surface area contributed by atoms with Gasteiger partial charge in [-0.25, -0.2) is 4.98 Å². The summed E-state index contributed by atoms with van der Waals surface area (Å²) in [6, 6.07) is 13.7. The molecule has 0 bridgehead atoms. The summed E-state index contributed by atoms with van der Waals surface area (Å²) in [4.78, 5) is 4.28. The molecule has 3 rings (SSSR count). The third-order valence-corrected chi connectivity index (χ3v) is 2.73. The number of ether oxygens (including phenoxy) is 1. The molecule has 2 heterocycles. The van der Waals surface area contributed by atoms with Crippen molar-refractivity contribution in [1.82, 2.24) is 9.55 Å². The lowest BCUT2D eigenvalue weighted by Gasteiger charge is -2.05. The number of fused-ring (bicyclic) bond motifs is 1. The van der Waals surface area contributed by atoms with Crippen molar-refractivity contribution in [1.29, 1.82) is 0 Å². The Balaban J connectivity index is 2.06. The highest BCUT2D eigenvalue weighted by atomic mass is 16.5. The van der Waals surface area contributed by atoms with Gasteiger partial charge in [0.15, 0.2) is 0 Å². The van der Waals surface area contributed by atoms with Gasteiger partial charge in [0.2, 0.25) is 5.88 Å². The van der Waals surface area contributed by atoms with Crippen molar-refractivity contribution in [2.24, 2.45) is 7.05 Å². The molecule has 1 aromatic carbocycles. The van der Waals surface area contributed by atoms with E-state index in [0.29, 0.717) is 5.88 Å². The molecule has 0 aliphatic carbocycles. The van der Waals surface area contributed by atoms with Crippen LogP contribution in [0, 0.1) is 0 Å². The number of benzene rings is 1. The van der Waals surface area contributed by atoms with Crippen LogP contribution in [0.5, 0.6) is 11.6 Å². The van der Waals surface area contributed by atoms with E-state index in [9.17, 15) is 0 Å². The molecule has 0 aliphatic heterocycles. The highest BCUT2D eigenvalue weighted by Gasteiger charge is 2.06. The van der Waals surface area contributed by atoms with Gasteiger partial charge in [0.1, 0.15) is 5.75 Å². The first-order chi connectivity index (χ1) is 8.34. The second kappa shape index (κ2) is 3.94. The highest BCUT2D eigenvalue weighted by molar-refractivity contribution is 5.84. The maximum Gasteiger partial charge on any atom is 0.228 e. The van der Waals surface area contributed by atoms with Crippen molar-refractivity contribution in [3.05, 3.63) is 54.9 Å². The van der Waals surface area contributed by atoms with Crippen molar-refractivity contribution in [3.8, 4) is 11.6 Å². The molecule has 0 spiro atoms. The second-order valence-electron chi connectivity index (χ2n) is 3.89. The van der Waals surface area contributed by atoms with E-state index in [1.54, 1.807) is 6.20 Å². The molecule has 0 unspecified atom stereocenters. The van der Waals surface area contributed by atoms with E-state index in [4.69, 9.17) is 4.74 Å². The zero-order chi connectivity index (χ0) is 11.7.